The Balaban J connectivity index is 1.69. The lowest BCUT2D eigenvalue weighted by Crippen LogP contribution is -2.12. The summed E-state index contributed by atoms with van der Waals surface area (Å²) in [6.45, 7) is 6.11. The SMILES string of the molecule is Cc1ccc(C)c(NC(=O)c2sc(COc3ccc(Cl)cc3)nc2C)c1. The quantitative estimate of drug-likeness (QED) is 0.625. The highest BCUT2D eigenvalue weighted by Gasteiger charge is 2.16. The Morgan fingerprint density at radius 2 is 1.88 bits per heavy atom. The number of nitrogens with zero attached hydrogens (tertiary/aromatic N) is 1. The minimum atomic E-state index is -0.147. The van der Waals surface area contributed by atoms with Crippen LogP contribution in [0, 0.1) is 20.8 Å². The first kappa shape index (κ1) is 18.4. The topological polar surface area (TPSA) is 51.2 Å². The van der Waals surface area contributed by atoms with Crippen molar-refractivity contribution in [3.05, 3.63) is 74.2 Å². The maximum absolute atomic E-state index is 12.6. The summed E-state index contributed by atoms with van der Waals surface area (Å²) in [4.78, 5) is 17.7. The van der Waals surface area contributed by atoms with Crippen LogP contribution in [-0.4, -0.2) is 10.9 Å². The summed E-state index contributed by atoms with van der Waals surface area (Å²) in [6, 6.07) is 13.1. The average molecular weight is 387 g/mol. The number of anilines is 1. The lowest BCUT2D eigenvalue weighted by Gasteiger charge is -2.08. The van der Waals surface area contributed by atoms with E-state index in [0.29, 0.717) is 28.0 Å². The van der Waals surface area contributed by atoms with Crippen molar-refractivity contribution < 1.29 is 9.53 Å². The predicted molar refractivity (Wildman–Crippen MR) is 107 cm³/mol. The standard InChI is InChI=1S/C20H19ClN2O2S/c1-12-4-5-13(2)17(10-12)23-20(24)19-14(3)22-18(26-19)11-25-16-8-6-15(21)7-9-16/h4-10H,11H2,1-3H3,(H,23,24). The van der Waals surface area contributed by atoms with Crippen LogP contribution in [0.4, 0.5) is 5.69 Å². The first-order valence-corrected chi connectivity index (χ1v) is 9.35. The van der Waals surface area contributed by atoms with Gasteiger partial charge in [0.1, 0.15) is 22.2 Å². The molecule has 1 heterocycles. The highest BCUT2D eigenvalue weighted by atomic mass is 35.5. The van der Waals surface area contributed by atoms with E-state index in [0.717, 1.165) is 21.8 Å². The summed E-state index contributed by atoms with van der Waals surface area (Å²) in [5, 5.41) is 4.39. The van der Waals surface area contributed by atoms with Crippen molar-refractivity contribution in [2.75, 3.05) is 5.32 Å². The number of ether oxygens (including phenoxy) is 1. The van der Waals surface area contributed by atoms with Crippen LogP contribution in [0.1, 0.15) is 31.5 Å². The molecule has 0 saturated carbocycles. The number of amides is 1. The van der Waals surface area contributed by atoms with Gasteiger partial charge in [0.25, 0.3) is 5.91 Å². The van der Waals surface area contributed by atoms with Crippen LogP contribution in [0.15, 0.2) is 42.5 Å². The van der Waals surface area contributed by atoms with Gasteiger partial charge in [0.05, 0.1) is 5.69 Å². The highest BCUT2D eigenvalue weighted by molar-refractivity contribution is 7.13. The third kappa shape index (κ3) is 4.42. The second-order valence-corrected chi connectivity index (χ2v) is 7.56. The zero-order valence-corrected chi connectivity index (χ0v) is 16.4. The number of hydrogen-bond acceptors (Lipinski definition) is 4. The van der Waals surface area contributed by atoms with Crippen molar-refractivity contribution in [3.8, 4) is 5.75 Å². The van der Waals surface area contributed by atoms with Gasteiger partial charge in [-0.25, -0.2) is 4.98 Å². The van der Waals surface area contributed by atoms with Crippen molar-refractivity contribution >= 4 is 34.5 Å². The Hall–Kier alpha value is -2.37. The molecule has 0 unspecified atom stereocenters. The molecule has 0 aliphatic rings. The number of thiazole rings is 1. The number of benzene rings is 2. The lowest BCUT2D eigenvalue weighted by molar-refractivity contribution is 0.102. The second-order valence-electron chi connectivity index (χ2n) is 6.04. The van der Waals surface area contributed by atoms with Gasteiger partial charge >= 0.3 is 0 Å². The zero-order chi connectivity index (χ0) is 18.7. The number of aromatic nitrogens is 1. The summed E-state index contributed by atoms with van der Waals surface area (Å²) in [7, 11) is 0. The average Bonchev–Trinajstić information content (AvgIpc) is 2.98. The molecule has 3 aromatic rings. The second kappa shape index (κ2) is 7.89. The summed E-state index contributed by atoms with van der Waals surface area (Å²) >= 11 is 7.21. The van der Waals surface area contributed by atoms with E-state index < -0.39 is 0 Å². The molecule has 6 heteroatoms. The van der Waals surface area contributed by atoms with E-state index in [1.54, 1.807) is 24.3 Å². The Kier molecular flexibility index (Phi) is 5.59. The number of carbonyl (C=O) groups is 1. The van der Waals surface area contributed by atoms with Gasteiger partial charge in [-0.2, -0.15) is 0 Å². The van der Waals surface area contributed by atoms with Crippen molar-refractivity contribution in [2.45, 2.75) is 27.4 Å². The molecular weight excluding hydrogens is 368 g/mol. The molecule has 1 amide bonds. The van der Waals surface area contributed by atoms with Gasteiger partial charge in [-0.15, -0.1) is 11.3 Å². The highest BCUT2D eigenvalue weighted by Crippen LogP contribution is 2.24. The van der Waals surface area contributed by atoms with Gasteiger partial charge < -0.3 is 10.1 Å². The molecule has 0 aliphatic carbocycles. The Morgan fingerprint density at radius 3 is 2.62 bits per heavy atom. The van der Waals surface area contributed by atoms with E-state index >= 15 is 0 Å². The van der Waals surface area contributed by atoms with E-state index in [2.05, 4.69) is 10.3 Å². The van der Waals surface area contributed by atoms with Crippen LogP contribution in [0.2, 0.25) is 5.02 Å². The third-order valence-corrected chi connectivity index (χ3v) is 5.25. The van der Waals surface area contributed by atoms with E-state index in [-0.39, 0.29) is 5.91 Å². The van der Waals surface area contributed by atoms with Gasteiger partial charge in [-0.1, -0.05) is 23.7 Å². The number of aryl methyl sites for hydroxylation is 3. The van der Waals surface area contributed by atoms with Crippen LogP contribution < -0.4 is 10.1 Å². The molecule has 0 saturated heterocycles. The molecule has 4 nitrogen and oxygen atoms in total. The van der Waals surface area contributed by atoms with Crippen LogP contribution >= 0.6 is 22.9 Å². The lowest BCUT2D eigenvalue weighted by atomic mass is 10.1. The predicted octanol–water partition coefficient (Wildman–Crippen LogP) is 5.55. The first-order valence-electron chi connectivity index (χ1n) is 8.15. The fourth-order valence-corrected chi connectivity index (χ4v) is 3.45. The zero-order valence-electron chi connectivity index (χ0n) is 14.8. The molecule has 0 bridgehead atoms. The molecule has 0 radical (unpaired) electrons. The third-order valence-electron chi connectivity index (χ3n) is 3.86. The number of rotatable bonds is 5. The molecule has 2 aromatic carbocycles. The maximum atomic E-state index is 12.6. The monoisotopic (exact) mass is 386 g/mol. The molecule has 26 heavy (non-hydrogen) atoms. The Morgan fingerprint density at radius 1 is 1.15 bits per heavy atom. The summed E-state index contributed by atoms with van der Waals surface area (Å²) in [5.41, 5.74) is 3.65. The molecule has 134 valence electrons. The minimum absolute atomic E-state index is 0.147. The van der Waals surface area contributed by atoms with Gasteiger partial charge in [0.15, 0.2) is 0 Å². The number of hydrogen-bond donors (Lipinski definition) is 1. The molecule has 1 N–H and O–H groups in total. The first-order chi connectivity index (χ1) is 12.4. The minimum Gasteiger partial charge on any atom is -0.486 e. The van der Waals surface area contributed by atoms with E-state index in [9.17, 15) is 4.79 Å². The van der Waals surface area contributed by atoms with Gasteiger partial charge in [-0.05, 0) is 62.2 Å². The van der Waals surface area contributed by atoms with Crippen LogP contribution in [0.5, 0.6) is 5.75 Å². The summed E-state index contributed by atoms with van der Waals surface area (Å²) in [6.07, 6.45) is 0. The molecule has 0 atom stereocenters. The summed E-state index contributed by atoms with van der Waals surface area (Å²) in [5.74, 6) is 0.565. The number of nitrogens with one attached hydrogen (secondary N) is 1. The van der Waals surface area contributed by atoms with Crippen molar-refractivity contribution in [2.24, 2.45) is 0 Å². The van der Waals surface area contributed by atoms with Crippen LogP contribution in [0.25, 0.3) is 0 Å². The maximum Gasteiger partial charge on any atom is 0.267 e. The fourth-order valence-electron chi connectivity index (χ4n) is 2.45. The summed E-state index contributed by atoms with van der Waals surface area (Å²) < 4.78 is 5.71. The van der Waals surface area contributed by atoms with E-state index in [4.69, 9.17) is 16.3 Å². The fraction of sp³-hybridized carbons (Fsp3) is 0.200. The van der Waals surface area contributed by atoms with Gasteiger partial charge in [-0.3, -0.25) is 4.79 Å². The molecule has 1 aromatic heterocycles. The van der Waals surface area contributed by atoms with Gasteiger partial charge in [0.2, 0.25) is 0 Å². The van der Waals surface area contributed by atoms with Crippen LogP contribution in [0.3, 0.4) is 0 Å². The number of carbonyl (C=O) groups excluding carboxylic acids is 1. The van der Waals surface area contributed by atoms with E-state index in [1.807, 2.05) is 39.0 Å². The Bertz CT molecular complexity index is 935. The molecule has 3 rings (SSSR count). The normalized spacial score (nSPS) is 10.6. The molecule has 0 spiro atoms. The smallest absolute Gasteiger partial charge is 0.267 e. The largest absolute Gasteiger partial charge is 0.486 e. The Labute approximate surface area is 161 Å². The van der Waals surface area contributed by atoms with Crippen molar-refractivity contribution in [1.82, 2.24) is 4.98 Å². The van der Waals surface area contributed by atoms with Crippen molar-refractivity contribution in [3.63, 3.8) is 0 Å². The molecular formula is C20H19ClN2O2S. The molecule has 0 aliphatic heterocycles. The van der Waals surface area contributed by atoms with Crippen molar-refractivity contribution in [1.29, 1.82) is 0 Å². The van der Waals surface area contributed by atoms with E-state index in [1.165, 1.54) is 11.3 Å². The van der Waals surface area contributed by atoms with Crippen LogP contribution in [-0.2, 0) is 6.61 Å². The number of halogens is 1. The molecule has 0 fully saturated rings. The van der Waals surface area contributed by atoms with Gasteiger partial charge in [0, 0.05) is 10.7 Å².